The summed E-state index contributed by atoms with van der Waals surface area (Å²) in [7, 11) is 2.76. The molecule has 0 radical (unpaired) electrons. The van der Waals surface area contributed by atoms with Crippen LogP contribution in [0.25, 0.3) is 5.76 Å². The van der Waals surface area contributed by atoms with Gasteiger partial charge in [-0.2, -0.15) is 0 Å². The van der Waals surface area contributed by atoms with E-state index in [1.54, 1.807) is 54.6 Å². The van der Waals surface area contributed by atoms with E-state index in [0.29, 0.717) is 22.6 Å². The molecule has 35 heavy (non-hydrogen) atoms. The van der Waals surface area contributed by atoms with Gasteiger partial charge < -0.3 is 14.6 Å². The van der Waals surface area contributed by atoms with Crippen LogP contribution in [-0.2, 0) is 14.3 Å². The van der Waals surface area contributed by atoms with Gasteiger partial charge in [0.2, 0.25) is 0 Å². The van der Waals surface area contributed by atoms with Crippen LogP contribution in [-0.4, -0.2) is 37.0 Å². The van der Waals surface area contributed by atoms with Gasteiger partial charge >= 0.3 is 5.97 Å². The van der Waals surface area contributed by atoms with Gasteiger partial charge in [-0.15, -0.1) is 0 Å². The number of benzene rings is 3. The Morgan fingerprint density at radius 1 is 0.886 bits per heavy atom. The van der Waals surface area contributed by atoms with Crippen LogP contribution in [0.1, 0.15) is 38.7 Å². The van der Waals surface area contributed by atoms with Gasteiger partial charge in [-0.25, -0.2) is 4.79 Å². The molecule has 0 bridgehead atoms. The number of ketones is 1. The van der Waals surface area contributed by atoms with Crippen LogP contribution in [0.3, 0.4) is 0 Å². The quantitative estimate of drug-likeness (QED) is 0.250. The number of carbonyl (C=O) groups excluding carboxylic acids is 3. The fourth-order valence-corrected chi connectivity index (χ4v) is 4.23. The summed E-state index contributed by atoms with van der Waals surface area (Å²) in [6.45, 7) is 3.85. The lowest BCUT2D eigenvalue weighted by Crippen LogP contribution is -2.29. The first-order valence-corrected chi connectivity index (χ1v) is 11.0. The van der Waals surface area contributed by atoms with Crippen molar-refractivity contribution < 1.29 is 29.0 Å². The second-order valence-corrected chi connectivity index (χ2v) is 8.25. The zero-order chi connectivity index (χ0) is 25.3. The number of aliphatic hydroxyl groups excluding tert-OH is 1. The fourth-order valence-electron chi connectivity index (χ4n) is 4.23. The molecule has 1 atom stereocenters. The van der Waals surface area contributed by atoms with E-state index in [2.05, 4.69) is 0 Å². The minimum atomic E-state index is -0.986. The summed E-state index contributed by atoms with van der Waals surface area (Å²) in [5, 5.41) is 11.3. The van der Waals surface area contributed by atoms with Crippen molar-refractivity contribution >= 4 is 29.1 Å². The molecular formula is C28H25NO6. The summed E-state index contributed by atoms with van der Waals surface area (Å²) in [4.78, 5) is 40.2. The van der Waals surface area contributed by atoms with E-state index < -0.39 is 23.7 Å². The number of methoxy groups -OCH3 is 2. The molecule has 1 aliphatic heterocycles. The lowest BCUT2D eigenvalue weighted by atomic mass is 9.93. The van der Waals surface area contributed by atoms with Crippen LogP contribution in [0.4, 0.5) is 5.69 Å². The molecular weight excluding hydrogens is 446 g/mol. The molecule has 1 aliphatic rings. The molecule has 7 nitrogen and oxygen atoms in total. The van der Waals surface area contributed by atoms with Gasteiger partial charge in [0.15, 0.2) is 0 Å². The number of ether oxygens (including phenoxy) is 2. The summed E-state index contributed by atoms with van der Waals surface area (Å²) in [6.07, 6.45) is 0. The van der Waals surface area contributed by atoms with E-state index in [-0.39, 0.29) is 16.9 Å². The Morgan fingerprint density at radius 2 is 1.63 bits per heavy atom. The number of hydrogen-bond donors (Lipinski definition) is 1. The van der Waals surface area contributed by atoms with E-state index in [0.717, 1.165) is 11.1 Å². The Bertz CT molecular complexity index is 1370. The van der Waals surface area contributed by atoms with Crippen molar-refractivity contribution in [1.29, 1.82) is 0 Å². The Kier molecular flexibility index (Phi) is 6.42. The topological polar surface area (TPSA) is 93.1 Å². The van der Waals surface area contributed by atoms with Crippen molar-refractivity contribution in [2.45, 2.75) is 19.9 Å². The van der Waals surface area contributed by atoms with Crippen molar-refractivity contribution in [2.24, 2.45) is 0 Å². The first-order valence-electron chi connectivity index (χ1n) is 11.0. The number of aryl methyl sites for hydroxylation is 2. The van der Waals surface area contributed by atoms with E-state index in [1.165, 1.54) is 25.2 Å². The van der Waals surface area contributed by atoms with Crippen molar-refractivity contribution in [2.75, 3.05) is 19.1 Å². The maximum Gasteiger partial charge on any atom is 0.337 e. The molecule has 4 rings (SSSR count). The van der Waals surface area contributed by atoms with Crippen LogP contribution < -0.4 is 9.64 Å². The first kappa shape index (κ1) is 23.8. The molecule has 0 aromatic heterocycles. The third-order valence-electron chi connectivity index (χ3n) is 6.20. The zero-order valence-corrected chi connectivity index (χ0v) is 19.9. The molecule has 3 aromatic rings. The van der Waals surface area contributed by atoms with E-state index >= 15 is 0 Å². The van der Waals surface area contributed by atoms with Gasteiger partial charge in [0.1, 0.15) is 11.5 Å². The molecule has 1 amide bonds. The minimum absolute atomic E-state index is 0.0637. The number of anilines is 1. The normalized spacial score (nSPS) is 16.9. The summed E-state index contributed by atoms with van der Waals surface area (Å²) >= 11 is 0. The van der Waals surface area contributed by atoms with Gasteiger partial charge in [0, 0.05) is 16.8 Å². The second kappa shape index (κ2) is 9.46. The Balaban J connectivity index is 1.98. The lowest BCUT2D eigenvalue weighted by molar-refractivity contribution is -0.132. The average Bonchev–Trinajstić information content (AvgIpc) is 3.14. The fraction of sp³-hybridized carbons (Fsp3) is 0.179. The number of nitrogens with zero attached hydrogens (tertiary/aromatic N) is 1. The molecule has 178 valence electrons. The summed E-state index contributed by atoms with van der Waals surface area (Å²) < 4.78 is 10.3. The molecule has 7 heteroatoms. The molecule has 0 spiro atoms. The molecule has 3 aromatic carbocycles. The highest BCUT2D eigenvalue weighted by Gasteiger charge is 2.48. The SMILES string of the molecule is COC(=O)c1cccc(N2C(=O)C(=O)/C(=C(/O)c3ccc(C)c(C)c3)C2c2ccccc2OC)c1. The monoisotopic (exact) mass is 471 g/mol. The van der Waals surface area contributed by atoms with E-state index in [4.69, 9.17) is 9.47 Å². The van der Waals surface area contributed by atoms with Crippen molar-refractivity contribution in [3.8, 4) is 5.75 Å². The average molecular weight is 472 g/mol. The molecule has 1 fully saturated rings. The molecule has 1 saturated heterocycles. The molecule has 1 heterocycles. The third-order valence-corrected chi connectivity index (χ3v) is 6.20. The summed E-state index contributed by atoms with van der Waals surface area (Å²) in [5.41, 5.74) is 3.37. The number of rotatable bonds is 5. The smallest absolute Gasteiger partial charge is 0.337 e. The summed E-state index contributed by atoms with van der Waals surface area (Å²) in [6, 6.07) is 17.6. The zero-order valence-electron chi connectivity index (χ0n) is 19.9. The third kappa shape index (κ3) is 4.17. The number of aliphatic hydroxyl groups is 1. The van der Waals surface area contributed by atoms with E-state index in [9.17, 15) is 19.5 Å². The number of para-hydroxylation sites is 1. The van der Waals surface area contributed by atoms with Crippen molar-refractivity contribution in [1.82, 2.24) is 0 Å². The van der Waals surface area contributed by atoms with Crippen LogP contribution in [0.5, 0.6) is 5.75 Å². The summed E-state index contributed by atoms with van der Waals surface area (Å²) in [5.74, 6) is -2.07. The highest BCUT2D eigenvalue weighted by molar-refractivity contribution is 6.51. The Hall–Kier alpha value is -4.39. The second-order valence-electron chi connectivity index (χ2n) is 8.25. The molecule has 0 saturated carbocycles. The van der Waals surface area contributed by atoms with Gasteiger partial charge in [-0.1, -0.05) is 36.4 Å². The minimum Gasteiger partial charge on any atom is -0.507 e. The first-order chi connectivity index (χ1) is 16.8. The van der Waals surface area contributed by atoms with Gasteiger partial charge in [-0.05, 0) is 55.3 Å². The molecule has 1 N–H and O–H groups in total. The van der Waals surface area contributed by atoms with Crippen LogP contribution in [0, 0.1) is 13.8 Å². The number of amides is 1. The van der Waals surface area contributed by atoms with Crippen LogP contribution >= 0.6 is 0 Å². The molecule has 0 aliphatic carbocycles. The van der Waals surface area contributed by atoms with Gasteiger partial charge in [-0.3, -0.25) is 14.5 Å². The highest BCUT2D eigenvalue weighted by Crippen LogP contribution is 2.45. The largest absolute Gasteiger partial charge is 0.507 e. The Labute approximate surface area is 203 Å². The number of esters is 1. The predicted molar refractivity (Wildman–Crippen MR) is 131 cm³/mol. The number of carbonyl (C=O) groups is 3. The maximum absolute atomic E-state index is 13.4. The predicted octanol–water partition coefficient (Wildman–Crippen LogP) is 4.72. The van der Waals surface area contributed by atoms with Crippen LogP contribution in [0.2, 0.25) is 0 Å². The Morgan fingerprint density at radius 3 is 2.31 bits per heavy atom. The number of hydrogen-bond acceptors (Lipinski definition) is 6. The standard InChI is InChI=1S/C28H25NO6/c1-16-12-13-18(14-17(16)2)25(30)23-24(21-10-5-6-11-22(21)34-3)29(27(32)26(23)31)20-9-7-8-19(15-20)28(33)35-4/h5-15,24,30H,1-4H3/b25-23+. The van der Waals surface area contributed by atoms with Crippen molar-refractivity contribution in [3.63, 3.8) is 0 Å². The maximum atomic E-state index is 13.4. The van der Waals surface area contributed by atoms with Crippen molar-refractivity contribution in [3.05, 3.63) is 100 Å². The highest BCUT2D eigenvalue weighted by atomic mass is 16.5. The van der Waals surface area contributed by atoms with Gasteiger partial charge in [0.05, 0.1) is 31.4 Å². The van der Waals surface area contributed by atoms with Gasteiger partial charge in [0.25, 0.3) is 11.7 Å². The lowest BCUT2D eigenvalue weighted by Gasteiger charge is -2.27. The number of Topliss-reactive ketones (excluding diaryl/α,β-unsaturated/α-hetero) is 1. The van der Waals surface area contributed by atoms with Crippen LogP contribution in [0.15, 0.2) is 72.3 Å². The molecule has 1 unspecified atom stereocenters. The van der Waals surface area contributed by atoms with E-state index in [1.807, 2.05) is 19.9 Å².